The predicted molar refractivity (Wildman–Crippen MR) is 117 cm³/mol. The predicted octanol–water partition coefficient (Wildman–Crippen LogP) is 4.36. The van der Waals surface area contributed by atoms with Crippen LogP contribution in [0.1, 0.15) is 71.8 Å². The highest BCUT2D eigenvalue weighted by molar-refractivity contribution is 5.95. The summed E-state index contributed by atoms with van der Waals surface area (Å²) in [5, 5.41) is 2.90. The molecule has 2 aliphatic rings. The molecule has 1 saturated carbocycles. The quantitative estimate of drug-likeness (QED) is 0.778. The van der Waals surface area contributed by atoms with E-state index in [4.69, 9.17) is 4.98 Å². The van der Waals surface area contributed by atoms with Gasteiger partial charge in [-0.1, -0.05) is 25.0 Å². The molecule has 0 radical (unpaired) electrons. The van der Waals surface area contributed by atoms with Crippen LogP contribution in [0.15, 0.2) is 36.4 Å². The van der Waals surface area contributed by atoms with Crippen molar-refractivity contribution in [1.29, 1.82) is 0 Å². The summed E-state index contributed by atoms with van der Waals surface area (Å²) < 4.78 is 13.4. The van der Waals surface area contributed by atoms with Gasteiger partial charge in [0.15, 0.2) is 0 Å². The van der Waals surface area contributed by atoms with Crippen LogP contribution in [0.5, 0.6) is 0 Å². The lowest BCUT2D eigenvalue weighted by atomic mass is 9.89. The third-order valence-electron chi connectivity index (χ3n) is 6.55. The second kappa shape index (κ2) is 9.58. The van der Waals surface area contributed by atoms with Crippen LogP contribution < -0.4 is 5.32 Å². The van der Waals surface area contributed by atoms with Gasteiger partial charge in [0.25, 0.3) is 5.91 Å². The molecule has 1 aromatic heterocycles. The maximum absolute atomic E-state index is 13.4. The summed E-state index contributed by atoms with van der Waals surface area (Å²) in [6.45, 7) is 3.63. The Balaban J connectivity index is 1.42. The van der Waals surface area contributed by atoms with Gasteiger partial charge in [-0.2, -0.15) is 0 Å². The van der Waals surface area contributed by atoms with Crippen molar-refractivity contribution >= 4 is 11.8 Å². The molecule has 2 aromatic rings. The highest BCUT2D eigenvalue weighted by atomic mass is 19.1. The largest absolute Gasteiger partial charge is 0.348 e. The first-order valence-electron chi connectivity index (χ1n) is 11.3. The van der Waals surface area contributed by atoms with Gasteiger partial charge in [-0.25, -0.2) is 4.39 Å². The summed E-state index contributed by atoms with van der Waals surface area (Å²) in [5.74, 6) is 0.154. The van der Waals surface area contributed by atoms with Crippen molar-refractivity contribution in [2.75, 3.05) is 13.1 Å². The lowest BCUT2D eigenvalue weighted by Crippen LogP contribution is -2.41. The first-order chi connectivity index (χ1) is 15.0. The molecule has 31 heavy (non-hydrogen) atoms. The number of piperidine rings is 1. The summed E-state index contributed by atoms with van der Waals surface area (Å²) in [5.41, 5.74) is 2.97. The highest BCUT2D eigenvalue weighted by Crippen LogP contribution is 2.32. The monoisotopic (exact) mass is 423 g/mol. The molecule has 1 aromatic carbocycles. The molecule has 0 atom stereocenters. The van der Waals surface area contributed by atoms with Crippen molar-refractivity contribution in [2.24, 2.45) is 5.92 Å². The van der Waals surface area contributed by atoms with Crippen molar-refractivity contribution < 1.29 is 14.0 Å². The van der Waals surface area contributed by atoms with E-state index < -0.39 is 0 Å². The molecule has 0 unspecified atom stereocenters. The van der Waals surface area contributed by atoms with E-state index in [-0.39, 0.29) is 30.1 Å². The molecule has 0 spiro atoms. The Hall–Kier alpha value is -2.76. The Morgan fingerprint density at radius 2 is 1.84 bits per heavy atom. The summed E-state index contributed by atoms with van der Waals surface area (Å²) in [7, 11) is 0. The molecule has 2 heterocycles. The average Bonchev–Trinajstić information content (AvgIpc) is 3.32. The molecular formula is C25H30FN3O2. The topological polar surface area (TPSA) is 62.3 Å². The molecule has 1 N–H and O–H groups in total. The zero-order valence-electron chi connectivity index (χ0n) is 18.1. The van der Waals surface area contributed by atoms with E-state index in [1.54, 1.807) is 12.1 Å². The van der Waals surface area contributed by atoms with Crippen LogP contribution in [0.25, 0.3) is 0 Å². The number of hydrogen-bond acceptors (Lipinski definition) is 3. The SMILES string of the molecule is Cc1ccc(C(=O)NCc2cccc(F)c2)c(C2CCN(C(=O)C3CCCC3)CC2)n1. The number of aromatic nitrogens is 1. The zero-order valence-corrected chi connectivity index (χ0v) is 18.1. The summed E-state index contributed by atoms with van der Waals surface area (Å²) in [6.07, 6.45) is 6.00. The number of nitrogens with one attached hydrogen (secondary N) is 1. The number of likely N-dealkylation sites (tertiary alicyclic amines) is 1. The average molecular weight is 424 g/mol. The molecule has 4 rings (SSSR count). The number of benzene rings is 1. The normalized spacial score (nSPS) is 17.7. The van der Waals surface area contributed by atoms with E-state index in [0.717, 1.165) is 63.0 Å². The van der Waals surface area contributed by atoms with Crippen LogP contribution in [-0.4, -0.2) is 34.8 Å². The van der Waals surface area contributed by atoms with Crippen molar-refractivity contribution in [1.82, 2.24) is 15.2 Å². The summed E-state index contributed by atoms with van der Waals surface area (Å²) >= 11 is 0. The first-order valence-corrected chi connectivity index (χ1v) is 11.3. The Bertz CT molecular complexity index is 948. The van der Waals surface area contributed by atoms with E-state index >= 15 is 0 Å². The van der Waals surface area contributed by atoms with E-state index in [1.807, 2.05) is 24.0 Å². The minimum Gasteiger partial charge on any atom is -0.348 e. The number of rotatable bonds is 5. The lowest BCUT2D eigenvalue weighted by molar-refractivity contribution is -0.136. The number of aryl methyl sites for hydroxylation is 1. The van der Waals surface area contributed by atoms with Crippen LogP contribution in [0, 0.1) is 18.7 Å². The first kappa shape index (κ1) is 21.5. The standard InChI is InChI=1S/C25H30FN3O2/c1-17-9-10-22(24(30)27-16-18-5-4-8-21(26)15-18)23(28-17)19-11-13-29(14-12-19)25(31)20-6-2-3-7-20/h4-5,8-10,15,19-20H,2-3,6-7,11-14,16H2,1H3,(H,27,30). The van der Waals surface area contributed by atoms with Gasteiger partial charge in [0.2, 0.25) is 5.91 Å². The molecule has 0 bridgehead atoms. The number of hydrogen-bond donors (Lipinski definition) is 1. The number of amides is 2. The third-order valence-corrected chi connectivity index (χ3v) is 6.55. The van der Waals surface area contributed by atoms with Gasteiger partial charge in [-0.05, 0) is 62.4 Å². The third kappa shape index (κ3) is 5.12. The fourth-order valence-corrected chi connectivity index (χ4v) is 4.81. The Morgan fingerprint density at radius 3 is 2.55 bits per heavy atom. The Kier molecular flexibility index (Phi) is 6.64. The van der Waals surface area contributed by atoms with E-state index in [2.05, 4.69) is 5.32 Å². The molecule has 1 aliphatic carbocycles. The smallest absolute Gasteiger partial charge is 0.253 e. The number of carbonyl (C=O) groups excluding carboxylic acids is 2. The van der Waals surface area contributed by atoms with Gasteiger partial charge in [-0.3, -0.25) is 14.6 Å². The van der Waals surface area contributed by atoms with Crippen molar-refractivity contribution in [2.45, 2.75) is 57.9 Å². The summed E-state index contributed by atoms with van der Waals surface area (Å²) in [4.78, 5) is 32.4. The zero-order chi connectivity index (χ0) is 21.8. The van der Waals surface area contributed by atoms with Gasteiger partial charge in [0.1, 0.15) is 5.82 Å². The Morgan fingerprint density at radius 1 is 1.10 bits per heavy atom. The van der Waals surface area contributed by atoms with Gasteiger partial charge in [-0.15, -0.1) is 0 Å². The van der Waals surface area contributed by atoms with Crippen LogP contribution in [0.4, 0.5) is 4.39 Å². The lowest BCUT2D eigenvalue weighted by Gasteiger charge is -2.34. The van der Waals surface area contributed by atoms with E-state index in [9.17, 15) is 14.0 Å². The molecular weight excluding hydrogens is 393 g/mol. The van der Waals surface area contributed by atoms with Crippen molar-refractivity contribution in [3.8, 4) is 0 Å². The minimum absolute atomic E-state index is 0.155. The number of carbonyl (C=O) groups is 2. The number of halogens is 1. The summed E-state index contributed by atoms with van der Waals surface area (Å²) in [6, 6.07) is 9.90. The minimum atomic E-state index is -0.316. The van der Waals surface area contributed by atoms with Gasteiger partial charge >= 0.3 is 0 Å². The second-order valence-corrected chi connectivity index (χ2v) is 8.78. The molecule has 2 fully saturated rings. The number of pyridine rings is 1. The fourth-order valence-electron chi connectivity index (χ4n) is 4.81. The molecule has 164 valence electrons. The van der Waals surface area contributed by atoms with Crippen LogP contribution in [-0.2, 0) is 11.3 Å². The molecule has 1 saturated heterocycles. The van der Waals surface area contributed by atoms with E-state index in [0.29, 0.717) is 17.0 Å². The molecule has 6 heteroatoms. The van der Waals surface area contributed by atoms with Crippen molar-refractivity contribution in [3.63, 3.8) is 0 Å². The van der Waals surface area contributed by atoms with Crippen LogP contribution in [0.2, 0.25) is 0 Å². The van der Waals surface area contributed by atoms with Gasteiger partial charge in [0.05, 0.1) is 11.3 Å². The number of nitrogens with zero attached hydrogens (tertiary/aromatic N) is 2. The van der Waals surface area contributed by atoms with Crippen molar-refractivity contribution in [3.05, 3.63) is 64.7 Å². The second-order valence-electron chi connectivity index (χ2n) is 8.78. The maximum Gasteiger partial charge on any atom is 0.253 e. The van der Waals surface area contributed by atoms with Gasteiger partial charge in [0, 0.05) is 37.2 Å². The van der Waals surface area contributed by atoms with E-state index in [1.165, 1.54) is 12.1 Å². The highest BCUT2D eigenvalue weighted by Gasteiger charge is 2.32. The Labute approximate surface area is 183 Å². The fraction of sp³-hybridized carbons (Fsp3) is 0.480. The van der Waals surface area contributed by atoms with Gasteiger partial charge < -0.3 is 10.2 Å². The molecule has 5 nitrogen and oxygen atoms in total. The molecule has 1 aliphatic heterocycles. The van der Waals surface area contributed by atoms with Crippen LogP contribution in [0.3, 0.4) is 0 Å². The van der Waals surface area contributed by atoms with Crippen LogP contribution >= 0.6 is 0 Å². The molecule has 2 amide bonds. The maximum atomic E-state index is 13.4.